The standard InChI is InChI=1S/C12H13N3O/c1-9(2)12(16)11-8-13-14-15(11)10-6-4-3-5-7-10/h3-9H,1-2H3. The quantitative estimate of drug-likeness (QED) is 0.737. The van der Waals surface area contributed by atoms with Gasteiger partial charge in [0.25, 0.3) is 0 Å². The van der Waals surface area contributed by atoms with Gasteiger partial charge in [-0.05, 0) is 12.1 Å². The smallest absolute Gasteiger partial charge is 0.185 e. The molecule has 1 aromatic carbocycles. The van der Waals surface area contributed by atoms with Crippen LogP contribution in [0.1, 0.15) is 24.3 Å². The summed E-state index contributed by atoms with van der Waals surface area (Å²) in [5.74, 6) is -0.00480. The number of nitrogens with zero attached hydrogens (tertiary/aromatic N) is 3. The zero-order valence-corrected chi connectivity index (χ0v) is 9.29. The van der Waals surface area contributed by atoms with Gasteiger partial charge >= 0.3 is 0 Å². The first-order valence-electron chi connectivity index (χ1n) is 5.20. The highest BCUT2D eigenvalue weighted by atomic mass is 16.1. The maximum absolute atomic E-state index is 11.9. The van der Waals surface area contributed by atoms with Crippen molar-refractivity contribution >= 4 is 5.78 Å². The summed E-state index contributed by atoms with van der Waals surface area (Å²) >= 11 is 0. The lowest BCUT2D eigenvalue weighted by atomic mass is 10.1. The number of para-hydroxylation sites is 1. The first kappa shape index (κ1) is 10.5. The van der Waals surface area contributed by atoms with Crippen LogP contribution in [0.2, 0.25) is 0 Å². The van der Waals surface area contributed by atoms with Gasteiger partial charge < -0.3 is 0 Å². The highest BCUT2D eigenvalue weighted by molar-refractivity contribution is 5.96. The molecule has 2 aromatic rings. The van der Waals surface area contributed by atoms with Crippen LogP contribution in [-0.2, 0) is 0 Å². The molecule has 0 spiro atoms. The monoisotopic (exact) mass is 215 g/mol. The fraction of sp³-hybridized carbons (Fsp3) is 0.250. The molecule has 1 heterocycles. The van der Waals surface area contributed by atoms with Crippen molar-refractivity contribution in [3.63, 3.8) is 0 Å². The van der Waals surface area contributed by atoms with Crippen molar-refractivity contribution in [3.05, 3.63) is 42.2 Å². The van der Waals surface area contributed by atoms with E-state index in [0.29, 0.717) is 5.69 Å². The molecular formula is C12H13N3O. The Morgan fingerprint density at radius 2 is 1.94 bits per heavy atom. The maximum Gasteiger partial charge on any atom is 0.185 e. The average Bonchev–Trinajstić information content (AvgIpc) is 2.77. The van der Waals surface area contributed by atoms with Gasteiger partial charge in [-0.3, -0.25) is 4.79 Å². The Bertz CT molecular complexity index is 488. The van der Waals surface area contributed by atoms with Gasteiger partial charge in [-0.15, -0.1) is 5.10 Å². The fourth-order valence-electron chi connectivity index (χ4n) is 1.46. The van der Waals surface area contributed by atoms with Gasteiger partial charge in [0.05, 0.1) is 11.9 Å². The van der Waals surface area contributed by atoms with Crippen LogP contribution >= 0.6 is 0 Å². The van der Waals surface area contributed by atoms with E-state index in [9.17, 15) is 4.79 Å². The summed E-state index contributed by atoms with van der Waals surface area (Å²) in [5.41, 5.74) is 1.38. The number of aromatic nitrogens is 3. The molecule has 4 nitrogen and oxygen atoms in total. The van der Waals surface area contributed by atoms with Crippen molar-refractivity contribution in [2.45, 2.75) is 13.8 Å². The third kappa shape index (κ3) is 1.86. The van der Waals surface area contributed by atoms with Gasteiger partial charge in [0.2, 0.25) is 0 Å². The molecule has 4 heteroatoms. The highest BCUT2D eigenvalue weighted by Gasteiger charge is 2.17. The van der Waals surface area contributed by atoms with Crippen LogP contribution in [0.5, 0.6) is 0 Å². The Hall–Kier alpha value is -1.97. The van der Waals surface area contributed by atoms with E-state index in [4.69, 9.17) is 0 Å². The largest absolute Gasteiger partial charge is 0.292 e. The molecule has 0 aliphatic carbocycles. The van der Waals surface area contributed by atoms with E-state index in [0.717, 1.165) is 5.69 Å². The van der Waals surface area contributed by atoms with E-state index in [-0.39, 0.29) is 11.7 Å². The van der Waals surface area contributed by atoms with E-state index in [1.165, 1.54) is 6.20 Å². The van der Waals surface area contributed by atoms with Crippen LogP contribution < -0.4 is 0 Å². The van der Waals surface area contributed by atoms with Gasteiger partial charge in [-0.25, -0.2) is 4.68 Å². The Morgan fingerprint density at radius 1 is 1.25 bits per heavy atom. The third-order valence-electron chi connectivity index (χ3n) is 2.33. The van der Waals surface area contributed by atoms with Gasteiger partial charge in [0, 0.05) is 5.92 Å². The van der Waals surface area contributed by atoms with Crippen LogP contribution in [0, 0.1) is 5.92 Å². The molecule has 0 N–H and O–H groups in total. The zero-order valence-electron chi connectivity index (χ0n) is 9.29. The number of hydrogen-bond acceptors (Lipinski definition) is 3. The van der Waals surface area contributed by atoms with Crippen LogP contribution in [0.15, 0.2) is 36.5 Å². The number of rotatable bonds is 3. The van der Waals surface area contributed by atoms with Crippen molar-refractivity contribution in [1.29, 1.82) is 0 Å². The molecule has 0 aliphatic heterocycles. The average molecular weight is 215 g/mol. The summed E-state index contributed by atoms with van der Waals surface area (Å²) in [6.45, 7) is 3.73. The predicted molar refractivity (Wildman–Crippen MR) is 60.5 cm³/mol. The molecule has 0 bridgehead atoms. The topological polar surface area (TPSA) is 47.8 Å². The molecular weight excluding hydrogens is 202 g/mol. The van der Waals surface area contributed by atoms with E-state index in [1.54, 1.807) is 4.68 Å². The number of benzene rings is 1. The minimum Gasteiger partial charge on any atom is -0.292 e. The fourth-order valence-corrected chi connectivity index (χ4v) is 1.46. The lowest BCUT2D eigenvalue weighted by Crippen LogP contribution is -2.13. The second kappa shape index (κ2) is 4.26. The minimum atomic E-state index is -0.0547. The van der Waals surface area contributed by atoms with Crippen LogP contribution in [0.4, 0.5) is 0 Å². The summed E-state index contributed by atoms with van der Waals surface area (Å²) in [5, 5.41) is 7.73. The number of ketones is 1. The maximum atomic E-state index is 11.9. The van der Waals surface area contributed by atoms with Crippen molar-refractivity contribution in [1.82, 2.24) is 15.0 Å². The first-order chi connectivity index (χ1) is 7.70. The van der Waals surface area contributed by atoms with Gasteiger partial charge in [-0.1, -0.05) is 37.3 Å². The van der Waals surface area contributed by atoms with E-state index < -0.39 is 0 Å². The summed E-state index contributed by atoms with van der Waals surface area (Å²) in [7, 11) is 0. The summed E-state index contributed by atoms with van der Waals surface area (Å²) in [6, 6.07) is 9.52. The molecule has 1 aromatic heterocycles. The minimum absolute atomic E-state index is 0.0499. The molecule has 0 unspecified atom stereocenters. The van der Waals surface area contributed by atoms with Crippen LogP contribution in [0.3, 0.4) is 0 Å². The first-order valence-corrected chi connectivity index (χ1v) is 5.20. The molecule has 2 rings (SSSR count). The molecule has 16 heavy (non-hydrogen) atoms. The molecule has 82 valence electrons. The van der Waals surface area contributed by atoms with Gasteiger partial charge in [0.1, 0.15) is 5.69 Å². The van der Waals surface area contributed by atoms with E-state index in [1.807, 2.05) is 44.2 Å². The second-order valence-corrected chi connectivity index (χ2v) is 3.89. The van der Waals surface area contributed by atoms with Crippen molar-refractivity contribution in [3.8, 4) is 5.69 Å². The highest BCUT2D eigenvalue weighted by Crippen LogP contribution is 2.12. The van der Waals surface area contributed by atoms with Gasteiger partial charge in [-0.2, -0.15) is 0 Å². The second-order valence-electron chi connectivity index (χ2n) is 3.89. The molecule has 0 amide bonds. The van der Waals surface area contributed by atoms with Crippen molar-refractivity contribution in [2.75, 3.05) is 0 Å². The summed E-state index contributed by atoms with van der Waals surface area (Å²) in [6.07, 6.45) is 1.51. The number of carbonyl (C=O) groups is 1. The number of hydrogen-bond donors (Lipinski definition) is 0. The van der Waals surface area contributed by atoms with Crippen molar-refractivity contribution < 1.29 is 4.79 Å². The van der Waals surface area contributed by atoms with E-state index >= 15 is 0 Å². The molecule has 0 atom stereocenters. The molecule has 0 aliphatic rings. The lowest BCUT2D eigenvalue weighted by Gasteiger charge is -2.06. The Kier molecular flexibility index (Phi) is 2.81. The van der Waals surface area contributed by atoms with E-state index in [2.05, 4.69) is 10.3 Å². The third-order valence-corrected chi connectivity index (χ3v) is 2.33. The normalized spacial score (nSPS) is 10.7. The van der Waals surface area contributed by atoms with Crippen LogP contribution in [-0.4, -0.2) is 20.8 Å². The Labute approximate surface area is 93.9 Å². The SMILES string of the molecule is CC(C)C(=O)c1cnnn1-c1ccccc1. The lowest BCUT2D eigenvalue weighted by molar-refractivity contribution is 0.0931. The summed E-state index contributed by atoms with van der Waals surface area (Å²) in [4.78, 5) is 11.9. The van der Waals surface area contributed by atoms with Crippen molar-refractivity contribution in [2.24, 2.45) is 5.92 Å². The molecule has 0 radical (unpaired) electrons. The number of carbonyl (C=O) groups excluding carboxylic acids is 1. The van der Waals surface area contributed by atoms with Crippen LogP contribution in [0.25, 0.3) is 5.69 Å². The molecule has 0 saturated carbocycles. The zero-order chi connectivity index (χ0) is 11.5. The Morgan fingerprint density at radius 3 is 2.56 bits per heavy atom. The van der Waals surface area contributed by atoms with Gasteiger partial charge in [0.15, 0.2) is 5.78 Å². The molecule has 0 fully saturated rings. The Balaban J connectivity index is 2.45. The molecule has 0 saturated heterocycles. The summed E-state index contributed by atoms with van der Waals surface area (Å²) < 4.78 is 1.57. The number of Topliss-reactive ketones (excluding diaryl/α,β-unsaturated/α-hetero) is 1. The predicted octanol–water partition coefficient (Wildman–Crippen LogP) is 2.11.